The number of carbonyl (C=O) groups excluding carboxylic acids is 1. The molecule has 0 unspecified atom stereocenters. The highest BCUT2D eigenvalue weighted by atomic mass is 32.2. The number of hydrogen-bond acceptors (Lipinski definition) is 4. The van der Waals surface area contributed by atoms with Gasteiger partial charge in [-0.15, -0.1) is 0 Å². The van der Waals surface area contributed by atoms with Crippen molar-refractivity contribution < 1.29 is 9.53 Å². The molecule has 0 radical (unpaired) electrons. The number of rotatable bonds is 6. The van der Waals surface area contributed by atoms with Crippen LogP contribution in [0.1, 0.15) is 18.9 Å². The summed E-state index contributed by atoms with van der Waals surface area (Å²) in [6.07, 6.45) is 0.543. The summed E-state index contributed by atoms with van der Waals surface area (Å²) >= 11 is 1.91. The van der Waals surface area contributed by atoms with Crippen molar-refractivity contribution in [3.8, 4) is 5.75 Å². The van der Waals surface area contributed by atoms with Crippen LogP contribution in [0.25, 0.3) is 0 Å². The molecule has 0 aromatic heterocycles. The minimum Gasteiger partial charge on any atom is -0.491 e. The van der Waals surface area contributed by atoms with Gasteiger partial charge in [0.05, 0.1) is 6.04 Å². The summed E-state index contributed by atoms with van der Waals surface area (Å²) < 4.78 is 5.75. The van der Waals surface area contributed by atoms with E-state index in [-0.39, 0.29) is 11.9 Å². The highest BCUT2D eigenvalue weighted by Gasteiger charge is 2.17. The van der Waals surface area contributed by atoms with Crippen molar-refractivity contribution in [1.82, 2.24) is 10.6 Å². The van der Waals surface area contributed by atoms with Crippen LogP contribution in [0.5, 0.6) is 5.75 Å². The lowest BCUT2D eigenvalue weighted by molar-refractivity contribution is -0.122. The van der Waals surface area contributed by atoms with Gasteiger partial charge in [-0.1, -0.05) is 18.2 Å². The number of hydrogen-bond donors (Lipinski definition) is 2. The molecule has 0 saturated carbocycles. The molecular formula is C16H24N2O2S. The fourth-order valence-electron chi connectivity index (χ4n) is 2.28. The number of amides is 1. The van der Waals surface area contributed by atoms with Gasteiger partial charge in [0.15, 0.2) is 0 Å². The van der Waals surface area contributed by atoms with Crippen LogP contribution >= 0.6 is 11.8 Å². The predicted octanol–water partition coefficient (Wildman–Crippen LogP) is 1.97. The molecule has 2 N–H and O–H groups in total. The Kier molecular flexibility index (Phi) is 6.39. The molecule has 2 atom stereocenters. The van der Waals surface area contributed by atoms with Crippen LogP contribution in [0.3, 0.4) is 0 Å². The summed E-state index contributed by atoms with van der Waals surface area (Å²) in [5, 5.41) is 6.38. The zero-order valence-corrected chi connectivity index (χ0v) is 13.5. The average Bonchev–Trinajstić information content (AvgIpc) is 2.47. The topological polar surface area (TPSA) is 50.4 Å². The first-order valence-corrected chi connectivity index (χ1v) is 8.59. The van der Waals surface area contributed by atoms with E-state index in [1.165, 1.54) is 0 Å². The molecule has 1 saturated heterocycles. The molecule has 5 heteroatoms. The Hall–Kier alpha value is -1.20. The predicted molar refractivity (Wildman–Crippen MR) is 88.0 cm³/mol. The summed E-state index contributed by atoms with van der Waals surface area (Å²) in [5.41, 5.74) is 1.11. The van der Waals surface area contributed by atoms with Crippen LogP contribution in [-0.2, 0) is 4.79 Å². The zero-order valence-electron chi connectivity index (χ0n) is 12.7. The first-order valence-electron chi connectivity index (χ1n) is 7.44. The van der Waals surface area contributed by atoms with E-state index in [2.05, 4.69) is 10.6 Å². The standard InChI is InChI=1S/C16H24N2O2S/c1-12-5-3-4-6-15(12)20-10-13(2)18-16(19)9-14-11-21-8-7-17-14/h3-6,13-14,17H,7-11H2,1-2H3,(H,18,19)/t13-,14-/m1/s1. The van der Waals surface area contributed by atoms with Crippen LogP contribution in [0, 0.1) is 6.92 Å². The van der Waals surface area contributed by atoms with Crippen LogP contribution in [-0.4, -0.2) is 42.6 Å². The first-order chi connectivity index (χ1) is 10.1. The second-order valence-corrected chi connectivity index (χ2v) is 6.62. The summed E-state index contributed by atoms with van der Waals surface area (Å²) in [7, 11) is 0. The maximum absolute atomic E-state index is 12.0. The number of para-hydroxylation sites is 1. The molecule has 2 rings (SSSR count). The molecule has 1 fully saturated rings. The van der Waals surface area contributed by atoms with Gasteiger partial charge in [0.2, 0.25) is 5.91 Å². The molecule has 1 aliphatic heterocycles. The number of thioether (sulfide) groups is 1. The zero-order chi connectivity index (χ0) is 15.1. The van der Waals surface area contributed by atoms with Gasteiger partial charge >= 0.3 is 0 Å². The molecule has 4 nitrogen and oxygen atoms in total. The van der Waals surface area contributed by atoms with Gasteiger partial charge in [-0.05, 0) is 25.5 Å². The number of nitrogens with one attached hydrogen (secondary N) is 2. The van der Waals surface area contributed by atoms with E-state index < -0.39 is 0 Å². The maximum Gasteiger partial charge on any atom is 0.221 e. The van der Waals surface area contributed by atoms with Gasteiger partial charge < -0.3 is 15.4 Å². The Morgan fingerprint density at radius 3 is 3.05 bits per heavy atom. The molecule has 1 aromatic rings. The number of ether oxygens (including phenoxy) is 1. The van der Waals surface area contributed by atoms with E-state index in [1.807, 2.05) is 49.9 Å². The van der Waals surface area contributed by atoms with Crippen molar-refractivity contribution in [1.29, 1.82) is 0 Å². The highest BCUT2D eigenvalue weighted by molar-refractivity contribution is 7.99. The van der Waals surface area contributed by atoms with Crippen molar-refractivity contribution in [2.24, 2.45) is 0 Å². The van der Waals surface area contributed by atoms with Gasteiger partial charge in [-0.2, -0.15) is 11.8 Å². The molecule has 1 aliphatic rings. The van der Waals surface area contributed by atoms with Gasteiger partial charge in [-0.25, -0.2) is 0 Å². The van der Waals surface area contributed by atoms with E-state index in [9.17, 15) is 4.79 Å². The van der Waals surface area contributed by atoms with Gasteiger partial charge in [0.25, 0.3) is 0 Å². The van der Waals surface area contributed by atoms with E-state index in [0.717, 1.165) is 29.4 Å². The fraction of sp³-hybridized carbons (Fsp3) is 0.562. The van der Waals surface area contributed by atoms with Crippen LogP contribution in [0.2, 0.25) is 0 Å². The third-order valence-corrected chi connectivity index (χ3v) is 4.55. The van der Waals surface area contributed by atoms with E-state index in [1.54, 1.807) is 0 Å². The van der Waals surface area contributed by atoms with Crippen molar-refractivity contribution in [3.63, 3.8) is 0 Å². The minimum atomic E-state index is 0.00773. The highest BCUT2D eigenvalue weighted by Crippen LogP contribution is 2.16. The van der Waals surface area contributed by atoms with E-state index in [4.69, 9.17) is 4.74 Å². The lowest BCUT2D eigenvalue weighted by Gasteiger charge is -2.23. The van der Waals surface area contributed by atoms with Gasteiger partial charge in [-0.3, -0.25) is 4.79 Å². The largest absolute Gasteiger partial charge is 0.491 e. The summed E-state index contributed by atoms with van der Waals surface area (Å²) in [6, 6.07) is 8.22. The second-order valence-electron chi connectivity index (χ2n) is 5.48. The summed E-state index contributed by atoms with van der Waals surface area (Å²) in [5.74, 6) is 3.13. The molecule has 0 spiro atoms. The summed E-state index contributed by atoms with van der Waals surface area (Å²) in [6.45, 7) is 5.47. The minimum absolute atomic E-state index is 0.00773. The third-order valence-electron chi connectivity index (χ3n) is 3.42. The average molecular weight is 308 g/mol. The Labute approximate surface area is 131 Å². The Morgan fingerprint density at radius 2 is 2.33 bits per heavy atom. The molecule has 1 aromatic carbocycles. The van der Waals surface area contributed by atoms with Crippen molar-refractivity contribution in [2.75, 3.05) is 24.7 Å². The van der Waals surface area contributed by atoms with Crippen LogP contribution < -0.4 is 15.4 Å². The van der Waals surface area contributed by atoms with Gasteiger partial charge in [0.1, 0.15) is 12.4 Å². The smallest absolute Gasteiger partial charge is 0.221 e. The van der Waals surface area contributed by atoms with Crippen molar-refractivity contribution >= 4 is 17.7 Å². The monoisotopic (exact) mass is 308 g/mol. The molecule has 116 valence electrons. The Balaban J connectivity index is 1.70. The van der Waals surface area contributed by atoms with Crippen molar-refractivity contribution in [2.45, 2.75) is 32.4 Å². The Bertz CT molecular complexity index is 461. The molecule has 0 aliphatic carbocycles. The SMILES string of the molecule is Cc1ccccc1OC[C@@H](C)NC(=O)C[C@@H]1CSCCN1. The fourth-order valence-corrected chi connectivity index (χ4v) is 3.23. The molecule has 1 heterocycles. The normalized spacial score (nSPS) is 19.8. The summed E-state index contributed by atoms with van der Waals surface area (Å²) in [4.78, 5) is 12.0. The maximum atomic E-state index is 12.0. The lowest BCUT2D eigenvalue weighted by atomic mass is 10.2. The van der Waals surface area contributed by atoms with Crippen LogP contribution in [0.4, 0.5) is 0 Å². The molecular weight excluding hydrogens is 284 g/mol. The Morgan fingerprint density at radius 1 is 1.52 bits per heavy atom. The lowest BCUT2D eigenvalue weighted by Crippen LogP contribution is -2.44. The van der Waals surface area contributed by atoms with Gasteiger partial charge in [0, 0.05) is 30.5 Å². The number of carbonyl (C=O) groups is 1. The van der Waals surface area contributed by atoms with Crippen molar-refractivity contribution in [3.05, 3.63) is 29.8 Å². The van der Waals surface area contributed by atoms with Crippen LogP contribution in [0.15, 0.2) is 24.3 Å². The molecule has 21 heavy (non-hydrogen) atoms. The number of benzene rings is 1. The molecule has 1 amide bonds. The molecule has 0 bridgehead atoms. The quantitative estimate of drug-likeness (QED) is 0.844. The third kappa shape index (κ3) is 5.59. The van der Waals surface area contributed by atoms with E-state index in [0.29, 0.717) is 19.1 Å². The van der Waals surface area contributed by atoms with E-state index >= 15 is 0 Å². The first kappa shape index (κ1) is 16.2. The second kappa shape index (κ2) is 8.29. The number of aryl methyl sites for hydroxylation is 1.